The summed E-state index contributed by atoms with van der Waals surface area (Å²) in [5, 5.41) is 3.06. The van der Waals surface area contributed by atoms with Crippen LogP contribution in [0.4, 0.5) is 10.5 Å². The molecular weight excluding hydrogens is 428 g/mol. The molecular formula is C28H32N2O4. The smallest absolute Gasteiger partial charge is 0.322 e. The van der Waals surface area contributed by atoms with E-state index in [0.717, 1.165) is 45.7 Å². The van der Waals surface area contributed by atoms with Crippen LogP contribution in [0.3, 0.4) is 0 Å². The van der Waals surface area contributed by atoms with E-state index in [-0.39, 0.29) is 12.1 Å². The zero-order chi connectivity index (χ0) is 24.2. The van der Waals surface area contributed by atoms with E-state index < -0.39 is 0 Å². The van der Waals surface area contributed by atoms with E-state index in [1.54, 1.807) is 14.2 Å². The minimum Gasteiger partial charge on any atom is -0.493 e. The number of nitrogens with one attached hydrogen (secondary N) is 1. The quantitative estimate of drug-likeness (QED) is 0.502. The van der Waals surface area contributed by atoms with Gasteiger partial charge in [0.05, 0.1) is 20.3 Å². The zero-order valence-corrected chi connectivity index (χ0v) is 20.5. The number of amides is 2. The molecule has 6 nitrogen and oxygen atoms in total. The van der Waals surface area contributed by atoms with Crippen molar-refractivity contribution < 1.29 is 19.0 Å². The van der Waals surface area contributed by atoms with E-state index in [1.807, 2.05) is 60.4 Å². The molecule has 1 N–H and O–H groups in total. The second-order valence-electron chi connectivity index (χ2n) is 8.80. The molecule has 0 spiro atoms. The Morgan fingerprint density at radius 1 is 0.941 bits per heavy atom. The number of rotatable bonds is 6. The normalized spacial score (nSPS) is 14.9. The van der Waals surface area contributed by atoms with Crippen LogP contribution in [-0.2, 0) is 6.42 Å². The topological polar surface area (TPSA) is 60.0 Å². The van der Waals surface area contributed by atoms with Crippen LogP contribution < -0.4 is 19.5 Å². The molecule has 1 aliphatic heterocycles. The van der Waals surface area contributed by atoms with Gasteiger partial charge in [-0.05, 0) is 91.4 Å². The van der Waals surface area contributed by atoms with Gasteiger partial charge in [0.1, 0.15) is 12.4 Å². The van der Waals surface area contributed by atoms with Crippen molar-refractivity contribution >= 4 is 11.7 Å². The van der Waals surface area contributed by atoms with E-state index >= 15 is 0 Å². The maximum atomic E-state index is 13.4. The van der Waals surface area contributed by atoms with Gasteiger partial charge in [-0.3, -0.25) is 0 Å². The molecule has 0 aromatic heterocycles. The van der Waals surface area contributed by atoms with Gasteiger partial charge in [-0.25, -0.2) is 4.79 Å². The summed E-state index contributed by atoms with van der Waals surface area (Å²) in [6.07, 6.45) is 0.719. The lowest BCUT2D eigenvalue weighted by molar-refractivity contribution is 0.144. The van der Waals surface area contributed by atoms with Crippen LogP contribution in [0.2, 0.25) is 0 Å². The third-order valence-corrected chi connectivity index (χ3v) is 6.14. The SMILES string of the molecule is COc1cc2c(cc1OC)C(COc1cc(C)cc(C)c1)N(C(=O)Nc1cccc(C)c1)CC2. The predicted octanol–water partition coefficient (Wildman–Crippen LogP) is 5.84. The molecule has 0 saturated heterocycles. The third kappa shape index (κ3) is 5.11. The highest BCUT2D eigenvalue weighted by atomic mass is 16.5. The molecule has 0 saturated carbocycles. The highest BCUT2D eigenvalue weighted by Gasteiger charge is 2.33. The Hall–Kier alpha value is -3.67. The highest BCUT2D eigenvalue weighted by Crippen LogP contribution is 2.38. The van der Waals surface area contributed by atoms with E-state index in [0.29, 0.717) is 24.7 Å². The van der Waals surface area contributed by atoms with Crippen molar-refractivity contribution in [1.29, 1.82) is 0 Å². The predicted molar refractivity (Wildman–Crippen MR) is 134 cm³/mol. The number of hydrogen-bond acceptors (Lipinski definition) is 4. The van der Waals surface area contributed by atoms with Crippen LogP contribution in [0.25, 0.3) is 0 Å². The molecule has 1 heterocycles. The van der Waals surface area contributed by atoms with Gasteiger partial charge < -0.3 is 24.4 Å². The van der Waals surface area contributed by atoms with Gasteiger partial charge in [-0.15, -0.1) is 0 Å². The lowest BCUT2D eigenvalue weighted by Crippen LogP contribution is -2.44. The minimum atomic E-state index is -0.283. The number of methoxy groups -OCH3 is 2. The van der Waals surface area contributed by atoms with Crippen molar-refractivity contribution in [1.82, 2.24) is 4.90 Å². The second kappa shape index (κ2) is 10.1. The fourth-order valence-electron chi connectivity index (χ4n) is 4.56. The van der Waals surface area contributed by atoms with E-state index in [9.17, 15) is 4.79 Å². The van der Waals surface area contributed by atoms with Crippen LogP contribution in [0.1, 0.15) is 33.9 Å². The average Bonchev–Trinajstić information content (AvgIpc) is 2.80. The zero-order valence-electron chi connectivity index (χ0n) is 20.5. The lowest BCUT2D eigenvalue weighted by atomic mass is 9.92. The second-order valence-corrected chi connectivity index (χ2v) is 8.80. The molecule has 6 heteroatoms. The van der Waals surface area contributed by atoms with Crippen molar-refractivity contribution in [2.75, 3.05) is 32.7 Å². The number of carbonyl (C=O) groups is 1. The Labute approximate surface area is 201 Å². The van der Waals surface area contributed by atoms with Crippen molar-refractivity contribution in [3.8, 4) is 17.2 Å². The van der Waals surface area contributed by atoms with Crippen LogP contribution in [0, 0.1) is 20.8 Å². The summed E-state index contributed by atoms with van der Waals surface area (Å²) in [6, 6.07) is 17.5. The first kappa shape index (κ1) is 23.5. The largest absolute Gasteiger partial charge is 0.493 e. The van der Waals surface area contributed by atoms with Crippen LogP contribution in [-0.4, -0.2) is 38.3 Å². The summed E-state index contributed by atoms with van der Waals surface area (Å²) in [5.41, 5.74) is 6.28. The number of benzene rings is 3. The first-order valence-electron chi connectivity index (χ1n) is 11.5. The van der Waals surface area contributed by atoms with Gasteiger partial charge in [-0.1, -0.05) is 18.2 Å². The van der Waals surface area contributed by atoms with Crippen LogP contribution in [0.5, 0.6) is 17.2 Å². The average molecular weight is 461 g/mol. The summed E-state index contributed by atoms with van der Waals surface area (Å²) in [7, 11) is 3.26. The molecule has 3 aromatic rings. The molecule has 1 unspecified atom stereocenters. The molecule has 2 amide bonds. The molecule has 4 rings (SSSR count). The lowest BCUT2D eigenvalue weighted by Gasteiger charge is -2.37. The molecule has 0 radical (unpaired) electrons. The van der Waals surface area contributed by atoms with Gasteiger partial charge in [0, 0.05) is 12.2 Å². The minimum absolute atomic E-state index is 0.153. The highest BCUT2D eigenvalue weighted by molar-refractivity contribution is 5.90. The first-order valence-corrected chi connectivity index (χ1v) is 11.5. The number of urea groups is 1. The summed E-state index contributed by atoms with van der Waals surface area (Å²) in [4.78, 5) is 15.2. The summed E-state index contributed by atoms with van der Waals surface area (Å²) in [6.45, 7) is 7.00. The molecule has 0 fully saturated rings. The number of aryl methyl sites for hydroxylation is 3. The molecule has 1 aliphatic rings. The number of fused-ring (bicyclic) bond motifs is 1. The molecule has 1 atom stereocenters. The van der Waals surface area contributed by atoms with E-state index in [1.165, 1.54) is 0 Å². The number of ether oxygens (including phenoxy) is 3. The Morgan fingerprint density at radius 3 is 2.32 bits per heavy atom. The summed E-state index contributed by atoms with van der Waals surface area (Å²) >= 11 is 0. The first-order chi connectivity index (χ1) is 16.4. The fraction of sp³-hybridized carbons (Fsp3) is 0.321. The molecule has 34 heavy (non-hydrogen) atoms. The maximum Gasteiger partial charge on any atom is 0.322 e. The fourth-order valence-corrected chi connectivity index (χ4v) is 4.56. The number of hydrogen-bond donors (Lipinski definition) is 1. The Bertz CT molecular complexity index is 1170. The maximum absolute atomic E-state index is 13.4. The van der Waals surface area contributed by atoms with Crippen LogP contribution >= 0.6 is 0 Å². The van der Waals surface area contributed by atoms with E-state index in [2.05, 4.69) is 25.2 Å². The number of carbonyl (C=O) groups excluding carboxylic acids is 1. The Morgan fingerprint density at radius 2 is 1.65 bits per heavy atom. The molecule has 178 valence electrons. The van der Waals surface area contributed by atoms with Crippen LogP contribution in [0.15, 0.2) is 54.6 Å². The number of anilines is 1. The Balaban J connectivity index is 1.66. The van der Waals surface area contributed by atoms with Gasteiger partial charge in [0.2, 0.25) is 0 Å². The van der Waals surface area contributed by atoms with Crippen molar-refractivity contribution in [2.24, 2.45) is 0 Å². The van der Waals surface area contributed by atoms with Gasteiger partial charge in [-0.2, -0.15) is 0 Å². The van der Waals surface area contributed by atoms with E-state index in [4.69, 9.17) is 14.2 Å². The molecule has 0 bridgehead atoms. The van der Waals surface area contributed by atoms with Gasteiger partial charge >= 0.3 is 6.03 Å². The number of nitrogens with zero attached hydrogens (tertiary/aromatic N) is 1. The standard InChI is InChI=1S/C28H32N2O4/c1-18-7-6-8-22(12-18)29-28(31)30-10-9-21-15-26(32-4)27(33-5)16-24(21)25(30)17-34-23-13-19(2)11-20(3)14-23/h6-8,11-16,25H,9-10,17H2,1-5H3,(H,29,31). The van der Waals surface area contributed by atoms with Crippen molar-refractivity contribution in [3.05, 3.63) is 82.4 Å². The molecule has 3 aromatic carbocycles. The summed E-state index contributed by atoms with van der Waals surface area (Å²) < 4.78 is 17.3. The third-order valence-electron chi connectivity index (χ3n) is 6.14. The van der Waals surface area contributed by atoms with Gasteiger partial charge in [0.15, 0.2) is 11.5 Å². The monoisotopic (exact) mass is 460 g/mol. The Kier molecular flexibility index (Phi) is 6.96. The van der Waals surface area contributed by atoms with Crippen molar-refractivity contribution in [2.45, 2.75) is 33.2 Å². The molecule has 0 aliphatic carbocycles. The summed E-state index contributed by atoms with van der Waals surface area (Å²) in [5.74, 6) is 2.12. The van der Waals surface area contributed by atoms with Gasteiger partial charge in [0.25, 0.3) is 0 Å². The van der Waals surface area contributed by atoms with Crippen molar-refractivity contribution in [3.63, 3.8) is 0 Å².